The number of fused-ring (bicyclic) bond motifs is 1. The summed E-state index contributed by atoms with van der Waals surface area (Å²) in [4.78, 5) is 13.9. The SMILES string of the molecule is COc1ccc(C(=O)Nc2ccc(-n3nc4ccc(Cl)cc4n3)cc2)cc1. The van der Waals surface area contributed by atoms with E-state index < -0.39 is 0 Å². The van der Waals surface area contributed by atoms with E-state index in [0.717, 1.165) is 16.7 Å². The van der Waals surface area contributed by atoms with E-state index in [1.165, 1.54) is 4.80 Å². The number of benzene rings is 3. The van der Waals surface area contributed by atoms with Crippen molar-refractivity contribution in [3.63, 3.8) is 0 Å². The van der Waals surface area contributed by atoms with E-state index in [0.29, 0.717) is 22.0 Å². The van der Waals surface area contributed by atoms with Gasteiger partial charge >= 0.3 is 0 Å². The highest BCUT2D eigenvalue weighted by Gasteiger charge is 2.08. The Morgan fingerprint density at radius 1 is 0.963 bits per heavy atom. The first-order valence-corrected chi connectivity index (χ1v) is 8.59. The van der Waals surface area contributed by atoms with Gasteiger partial charge in [-0.05, 0) is 66.7 Å². The van der Waals surface area contributed by atoms with Gasteiger partial charge in [-0.1, -0.05) is 11.6 Å². The number of ether oxygens (including phenoxy) is 1. The Kier molecular flexibility index (Phi) is 4.48. The Morgan fingerprint density at radius 3 is 2.37 bits per heavy atom. The third-order valence-electron chi connectivity index (χ3n) is 4.05. The van der Waals surface area contributed by atoms with Gasteiger partial charge in [-0.15, -0.1) is 10.2 Å². The molecular formula is C20H15ClN4O2. The lowest BCUT2D eigenvalue weighted by Crippen LogP contribution is -2.11. The highest BCUT2D eigenvalue weighted by Crippen LogP contribution is 2.19. The number of carbonyl (C=O) groups is 1. The molecule has 0 bridgehead atoms. The second kappa shape index (κ2) is 7.09. The molecule has 0 fully saturated rings. The van der Waals surface area contributed by atoms with Gasteiger partial charge in [0.25, 0.3) is 5.91 Å². The van der Waals surface area contributed by atoms with Gasteiger partial charge in [0.15, 0.2) is 0 Å². The Hall–Kier alpha value is -3.38. The fourth-order valence-corrected chi connectivity index (χ4v) is 2.79. The fourth-order valence-electron chi connectivity index (χ4n) is 2.63. The van der Waals surface area contributed by atoms with Crippen LogP contribution in [0.2, 0.25) is 5.02 Å². The molecule has 0 spiro atoms. The van der Waals surface area contributed by atoms with E-state index in [4.69, 9.17) is 16.3 Å². The van der Waals surface area contributed by atoms with E-state index in [1.807, 2.05) is 18.2 Å². The van der Waals surface area contributed by atoms with Crippen LogP contribution >= 0.6 is 11.6 Å². The quantitative estimate of drug-likeness (QED) is 0.573. The van der Waals surface area contributed by atoms with E-state index >= 15 is 0 Å². The Balaban J connectivity index is 1.51. The van der Waals surface area contributed by atoms with Gasteiger partial charge in [-0.25, -0.2) is 0 Å². The van der Waals surface area contributed by atoms with E-state index in [2.05, 4.69) is 15.5 Å². The first-order valence-electron chi connectivity index (χ1n) is 8.21. The number of nitrogens with one attached hydrogen (secondary N) is 1. The average Bonchev–Trinajstić information content (AvgIpc) is 3.11. The summed E-state index contributed by atoms with van der Waals surface area (Å²) in [6, 6.07) is 19.6. The molecule has 6 nitrogen and oxygen atoms in total. The number of amides is 1. The zero-order chi connectivity index (χ0) is 18.8. The zero-order valence-electron chi connectivity index (χ0n) is 14.4. The van der Waals surface area contributed by atoms with Crippen molar-refractivity contribution in [1.82, 2.24) is 15.0 Å². The van der Waals surface area contributed by atoms with Crippen molar-refractivity contribution in [2.45, 2.75) is 0 Å². The van der Waals surface area contributed by atoms with Gasteiger partial charge in [-0.3, -0.25) is 4.79 Å². The number of rotatable bonds is 4. The first-order chi connectivity index (χ1) is 13.1. The molecule has 0 saturated heterocycles. The number of nitrogens with zero attached hydrogens (tertiary/aromatic N) is 3. The second-order valence-corrected chi connectivity index (χ2v) is 6.29. The van der Waals surface area contributed by atoms with Crippen LogP contribution in [0.25, 0.3) is 16.7 Å². The van der Waals surface area contributed by atoms with E-state index in [9.17, 15) is 4.79 Å². The summed E-state index contributed by atoms with van der Waals surface area (Å²) in [6.07, 6.45) is 0. The summed E-state index contributed by atoms with van der Waals surface area (Å²) in [5.74, 6) is 0.513. The second-order valence-electron chi connectivity index (χ2n) is 5.85. The molecule has 0 saturated carbocycles. The maximum atomic E-state index is 12.3. The van der Waals surface area contributed by atoms with Gasteiger partial charge in [0.05, 0.1) is 12.8 Å². The largest absolute Gasteiger partial charge is 0.497 e. The molecule has 1 heterocycles. The summed E-state index contributed by atoms with van der Waals surface area (Å²) in [6.45, 7) is 0. The van der Waals surface area contributed by atoms with Gasteiger partial charge in [0.1, 0.15) is 16.8 Å². The molecule has 134 valence electrons. The highest BCUT2D eigenvalue weighted by atomic mass is 35.5. The molecular weight excluding hydrogens is 364 g/mol. The predicted molar refractivity (Wildman–Crippen MR) is 105 cm³/mol. The molecule has 1 amide bonds. The third kappa shape index (κ3) is 3.61. The number of halogens is 1. The van der Waals surface area contributed by atoms with Crippen LogP contribution < -0.4 is 10.1 Å². The molecule has 0 unspecified atom stereocenters. The van der Waals surface area contributed by atoms with Crippen molar-refractivity contribution < 1.29 is 9.53 Å². The Morgan fingerprint density at radius 2 is 1.67 bits per heavy atom. The van der Waals surface area contributed by atoms with Crippen LogP contribution in [0.5, 0.6) is 5.75 Å². The van der Waals surface area contributed by atoms with Crippen molar-refractivity contribution in [1.29, 1.82) is 0 Å². The molecule has 4 aromatic rings. The minimum Gasteiger partial charge on any atom is -0.497 e. The Labute approximate surface area is 160 Å². The molecule has 7 heteroatoms. The maximum absolute atomic E-state index is 12.3. The summed E-state index contributed by atoms with van der Waals surface area (Å²) < 4.78 is 5.10. The number of hydrogen-bond acceptors (Lipinski definition) is 4. The van der Waals surface area contributed by atoms with Gasteiger partial charge in [0.2, 0.25) is 0 Å². The van der Waals surface area contributed by atoms with Crippen LogP contribution in [-0.2, 0) is 0 Å². The highest BCUT2D eigenvalue weighted by molar-refractivity contribution is 6.31. The standard InChI is InChI=1S/C20H15ClN4O2/c1-27-17-9-2-13(3-10-17)20(26)22-15-5-7-16(8-6-15)25-23-18-11-4-14(21)12-19(18)24-25/h2-12H,1H3,(H,22,26). The molecule has 27 heavy (non-hydrogen) atoms. The summed E-state index contributed by atoms with van der Waals surface area (Å²) in [5, 5.41) is 12.3. The van der Waals surface area contributed by atoms with E-state index in [1.54, 1.807) is 55.6 Å². The molecule has 4 rings (SSSR count). The Bertz CT molecular complexity index is 1110. The zero-order valence-corrected chi connectivity index (χ0v) is 15.1. The molecule has 0 atom stereocenters. The first kappa shape index (κ1) is 17.1. The maximum Gasteiger partial charge on any atom is 0.255 e. The van der Waals surface area contributed by atoms with Crippen LogP contribution in [0.15, 0.2) is 66.7 Å². The van der Waals surface area contributed by atoms with Crippen molar-refractivity contribution >= 4 is 34.2 Å². The summed E-state index contributed by atoms with van der Waals surface area (Å²) in [7, 11) is 1.59. The van der Waals surface area contributed by atoms with Gasteiger partial charge in [0, 0.05) is 16.3 Å². The number of anilines is 1. The minimum absolute atomic E-state index is 0.192. The predicted octanol–water partition coefficient (Wildman–Crippen LogP) is 4.33. The lowest BCUT2D eigenvalue weighted by molar-refractivity contribution is 0.102. The molecule has 0 aliphatic carbocycles. The van der Waals surface area contributed by atoms with Crippen molar-refractivity contribution in [2.24, 2.45) is 0 Å². The lowest BCUT2D eigenvalue weighted by atomic mass is 10.2. The molecule has 1 N–H and O–H groups in total. The number of carbonyl (C=O) groups excluding carboxylic acids is 1. The van der Waals surface area contributed by atoms with Crippen molar-refractivity contribution in [3.05, 3.63) is 77.3 Å². The van der Waals surface area contributed by atoms with Crippen LogP contribution in [0.4, 0.5) is 5.69 Å². The molecule has 0 radical (unpaired) electrons. The van der Waals surface area contributed by atoms with Crippen LogP contribution in [0, 0.1) is 0 Å². The molecule has 3 aromatic carbocycles. The normalized spacial score (nSPS) is 10.7. The molecule has 0 aliphatic heterocycles. The van der Waals surface area contributed by atoms with Gasteiger partial charge in [-0.2, -0.15) is 4.80 Å². The van der Waals surface area contributed by atoms with Crippen LogP contribution in [-0.4, -0.2) is 28.0 Å². The monoisotopic (exact) mass is 378 g/mol. The van der Waals surface area contributed by atoms with Crippen LogP contribution in [0.3, 0.4) is 0 Å². The number of hydrogen-bond donors (Lipinski definition) is 1. The summed E-state index contributed by atoms with van der Waals surface area (Å²) in [5.41, 5.74) is 3.50. The molecule has 1 aromatic heterocycles. The van der Waals surface area contributed by atoms with Gasteiger partial charge < -0.3 is 10.1 Å². The lowest BCUT2D eigenvalue weighted by Gasteiger charge is -2.07. The molecule has 0 aliphatic rings. The summed E-state index contributed by atoms with van der Waals surface area (Å²) >= 11 is 5.99. The van der Waals surface area contributed by atoms with Crippen molar-refractivity contribution in [2.75, 3.05) is 12.4 Å². The minimum atomic E-state index is -0.192. The third-order valence-corrected chi connectivity index (χ3v) is 4.29. The van der Waals surface area contributed by atoms with Crippen molar-refractivity contribution in [3.8, 4) is 11.4 Å². The fraction of sp³-hybridized carbons (Fsp3) is 0.0500. The van der Waals surface area contributed by atoms with Crippen LogP contribution in [0.1, 0.15) is 10.4 Å². The van der Waals surface area contributed by atoms with E-state index in [-0.39, 0.29) is 5.91 Å². The topological polar surface area (TPSA) is 69.0 Å². The number of aromatic nitrogens is 3. The average molecular weight is 379 g/mol. The smallest absolute Gasteiger partial charge is 0.255 e. The number of methoxy groups -OCH3 is 1.